The summed E-state index contributed by atoms with van der Waals surface area (Å²) >= 11 is 0. The molecule has 0 aliphatic heterocycles. The Morgan fingerprint density at radius 2 is 1.74 bits per heavy atom. The van der Waals surface area contributed by atoms with Crippen LogP contribution in [-0.2, 0) is 20.9 Å². The van der Waals surface area contributed by atoms with Gasteiger partial charge in [0.05, 0.1) is 23.2 Å². The molecule has 0 aliphatic rings. The first-order valence-electron chi connectivity index (χ1n) is 9.20. The second-order valence-corrected chi connectivity index (χ2v) is 8.16. The van der Waals surface area contributed by atoms with Crippen LogP contribution in [0.5, 0.6) is 0 Å². The van der Waals surface area contributed by atoms with Gasteiger partial charge < -0.3 is 4.98 Å². The molecule has 2 N–H and O–H groups in total. The van der Waals surface area contributed by atoms with E-state index in [2.05, 4.69) is 15.3 Å². The molecular formula is C22H16N4O4S. The van der Waals surface area contributed by atoms with Gasteiger partial charge in [0, 0.05) is 5.56 Å². The van der Waals surface area contributed by atoms with E-state index in [9.17, 15) is 13.2 Å². The molecule has 0 radical (unpaired) electrons. The molecule has 0 bridgehead atoms. The van der Waals surface area contributed by atoms with Gasteiger partial charge in [-0.05, 0) is 42.0 Å². The molecule has 4 rings (SSSR count). The number of fused-ring (bicyclic) bond motifs is 1. The molecule has 3 aromatic carbocycles. The van der Waals surface area contributed by atoms with E-state index in [4.69, 9.17) is 9.44 Å². The number of hydrogen-bond donors (Lipinski definition) is 2. The third-order valence-corrected chi connectivity index (χ3v) is 5.82. The van der Waals surface area contributed by atoms with Crippen LogP contribution in [0.15, 0.2) is 77.7 Å². The summed E-state index contributed by atoms with van der Waals surface area (Å²) in [4.78, 5) is 19.6. The lowest BCUT2D eigenvalue weighted by Gasteiger charge is -2.08. The van der Waals surface area contributed by atoms with E-state index in [1.165, 1.54) is 18.2 Å². The maximum Gasteiger partial charge on any atom is 0.298 e. The van der Waals surface area contributed by atoms with Gasteiger partial charge in [0.1, 0.15) is 11.0 Å². The summed E-state index contributed by atoms with van der Waals surface area (Å²) in [7, 11) is -4.10. The van der Waals surface area contributed by atoms with Gasteiger partial charge in [-0.15, -0.1) is 0 Å². The second-order valence-electron chi connectivity index (χ2n) is 6.58. The van der Waals surface area contributed by atoms with E-state index in [0.29, 0.717) is 17.1 Å². The Bertz CT molecular complexity index is 1370. The number of imidazole rings is 1. The van der Waals surface area contributed by atoms with Gasteiger partial charge in [0.25, 0.3) is 16.0 Å². The van der Waals surface area contributed by atoms with Gasteiger partial charge in [0.2, 0.25) is 5.95 Å². The van der Waals surface area contributed by atoms with Crippen LogP contribution in [0.4, 0.5) is 5.95 Å². The summed E-state index contributed by atoms with van der Waals surface area (Å²) in [6.07, 6.45) is 0. The van der Waals surface area contributed by atoms with Crippen LogP contribution >= 0.6 is 0 Å². The van der Waals surface area contributed by atoms with Gasteiger partial charge in [-0.3, -0.25) is 14.3 Å². The van der Waals surface area contributed by atoms with Crippen molar-refractivity contribution in [3.05, 3.63) is 89.5 Å². The molecule has 4 aromatic rings. The monoisotopic (exact) mass is 432 g/mol. The van der Waals surface area contributed by atoms with Crippen LogP contribution in [-0.4, -0.2) is 24.3 Å². The van der Waals surface area contributed by atoms with Crippen LogP contribution in [0.2, 0.25) is 0 Å². The fraction of sp³-hybridized carbons (Fsp3) is 0.0455. The highest BCUT2D eigenvalue weighted by atomic mass is 32.2. The standard InChI is InChI=1S/C22H16N4O4S/c23-13-17-5-1-4-8-20(17)31(28,29)30-14-15-9-11-16(12-10-15)21(27)26-22-24-18-6-2-3-7-19(18)25-22/h1-12H,14H2,(H2,24,25,26,27). The lowest BCUT2D eigenvalue weighted by molar-refractivity contribution is 0.102. The fourth-order valence-electron chi connectivity index (χ4n) is 2.93. The molecule has 0 saturated heterocycles. The molecule has 1 heterocycles. The number of para-hydroxylation sites is 2. The molecule has 0 atom stereocenters. The van der Waals surface area contributed by atoms with Gasteiger partial charge >= 0.3 is 0 Å². The van der Waals surface area contributed by atoms with Gasteiger partial charge in [-0.25, -0.2) is 4.98 Å². The Labute approximate surface area is 178 Å². The Kier molecular flexibility index (Phi) is 5.49. The Morgan fingerprint density at radius 3 is 2.48 bits per heavy atom. The molecular weight excluding hydrogens is 416 g/mol. The highest BCUT2D eigenvalue weighted by Gasteiger charge is 2.19. The van der Waals surface area contributed by atoms with E-state index >= 15 is 0 Å². The zero-order chi connectivity index (χ0) is 21.8. The van der Waals surface area contributed by atoms with Crippen LogP contribution in [0.25, 0.3) is 11.0 Å². The lowest BCUT2D eigenvalue weighted by Crippen LogP contribution is -2.13. The average Bonchev–Trinajstić information content (AvgIpc) is 3.20. The minimum atomic E-state index is -4.10. The number of benzene rings is 3. The first-order chi connectivity index (χ1) is 15.0. The van der Waals surface area contributed by atoms with Crippen LogP contribution in [0, 0.1) is 11.3 Å². The van der Waals surface area contributed by atoms with Crippen molar-refractivity contribution in [2.24, 2.45) is 0 Å². The molecule has 0 spiro atoms. The first-order valence-corrected chi connectivity index (χ1v) is 10.6. The van der Waals surface area contributed by atoms with Crippen molar-refractivity contribution in [1.29, 1.82) is 5.26 Å². The van der Waals surface area contributed by atoms with E-state index in [1.54, 1.807) is 30.3 Å². The van der Waals surface area contributed by atoms with Crippen molar-refractivity contribution in [3.8, 4) is 6.07 Å². The number of carbonyl (C=O) groups is 1. The number of nitrogens with zero attached hydrogens (tertiary/aromatic N) is 2. The smallest absolute Gasteiger partial charge is 0.298 e. The average molecular weight is 432 g/mol. The van der Waals surface area contributed by atoms with Crippen molar-refractivity contribution < 1.29 is 17.4 Å². The van der Waals surface area contributed by atoms with Crippen molar-refractivity contribution in [2.75, 3.05) is 5.32 Å². The molecule has 154 valence electrons. The SMILES string of the molecule is N#Cc1ccccc1S(=O)(=O)OCc1ccc(C(=O)Nc2nc3ccccc3[nH]2)cc1. The molecule has 8 nitrogen and oxygen atoms in total. The summed E-state index contributed by atoms with van der Waals surface area (Å²) in [6, 6.07) is 21.4. The highest BCUT2D eigenvalue weighted by Crippen LogP contribution is 2.19. The minimum absolute atomic E-state index is 0.0140. The summed E-state index contributed by atoms with van der Waals surface area (Å²) in [5.41, 5.74) is 2.49. The molecule has 0 unspecified atom stereocenters. The van der Waals surface area contributed by atoms with Gasteiger partial charge in [0.15, 0.2) is 0 Å². The first kappa shape index (κ1) is 20.3. The Hall–Kier alpha value is -4.00. The van der Waals surface area contributed by atoms with E-state index in [-0.39, 0.29) is 23.0 Å². The summed E-state index contributed by atoms with van der Waals surface area (Å²) in [5.74, 6) is -0.0250. The maximum absolute atomic E-state index is 12.4. The van der Waals surface area contributed by atoms with Crippen molar-refractivity contribution in [2.45, 2.75) is 11.5 Å². The topological polar surface area (TPSA) is 125 Å². The zero-order valence-electron chi connectivity index (χ0n) is 16.1. The molecule has 1 amide bonds. The Balaban J connectivity index is 1.42. The van der Waals surface area contributed by atoms with E-state index < -0.39 is 10.1 Å². The van der Waals surface area contributed by atoms with Gasteiger partial charge in [-0.1, -0.05) is 36.4 Å². The van der Waals surface area contributed by atoms with E-state index in [1.807, 2.05) is 30.3 Å². The van der Waals surface area contributed by atoms with Crippen molar-refractivity contribution in [3.63, 3.8) is 0 Å². The molecule has 1 aromatic heterocycles. The van der Waals surface area contributed by atoms with Crippen molar-refractivity contribution >= 4 is 33.0 Å². The number of H-pyrrole nitrogens is 1. The Morgan fingerprint density at radius 1 is 1.03 bits per heavy atom. The number of amides is 1. The summed E-state index contributed by atoms with van der Waals surface area (Å²) in [5, 5.41) is 11.8. The zero-order valence-corrected chi connectivity index (χ0v) is 16.9. The number of aromatic nitrogens is 2. The lowest BCUT2D eigenvalue weighted by atomic mass is 10.1. The molecule has 0 saturated carbocycles. The number of carbonyl (C=O) groups excluding carboxylic acids is 1. The largest absolute Gasteiger partial charge is 0.324 e. The number of nitriles is 1. The highest BCUT2D eigenvalue weighted by molar-refractivity contribution is 7.86. The molecule has 0 fully saturated rings. The molecule has 9 heteroatoms. The summed E-state index contributed by atoms with van der Waals surface area (Å²) in [6.45, 7) is -0.229. The second kappa shape index (κ2) is 8.39. The predicted molar refractivity (Wildman–Crippen MR) is 114 cm³/mol. The number of rotatable bonds is 6. The molecule has 0 aliphatic carbocycles. The van der Waals surface area contributed by atoms with E-state index in [0.717, 1.165) is 11.0 Å². The fourth-order valence-corrected chi connectivity index (χ4v) is 3.98. The number of anilines is 1. The molecule has 31 heavy (non-hydrogen) atoms. The van der Waals surface area contributed by atoms with Crippen LogP contribution < -0.4 is 5.32 Å². The maximum atomic E-state index is 12.4. The quantitative estimate of drug-likeness (QED) is 0.449. The third-order valence-electron chi connectivity index (χ3n) is 4.50. The minimum Gasteiger partial charge on any atom is -0.324 e. The van der Waals surface area contributed by atoms with Crippen molar-refractivity contribution in [1.82, 2.24) is 9.97 Å². The number of nitrogens with one attached hydrogen (secondary N) is 2. The predicted octanol–water partition coefficient (Wildman–Crippen LogP) is 3.59. The van der Waals surface area contributed by atoms with Crippen LogP contribution in [0.1, 0.15) is 21.5 Å². The normalized spacial score (nSPS) is 11.2. The summed E-state index contributed by atoms with van der Waals surface area (Å²) < 4.78 is 29.9. The number of aromatic amines is 1. The van der Waals surface area contributed by atoms with Crippen LogP contribution in [0.3, 0.4) is 0 Å². The number of hydrogen-bond acceptors (Lipinski definition) is 6. The van der Waals surface area contributed by atoms with Gasteiger partial charge in [-0.2, -0.15) is 13.7 Å². The third kappa shape index (κ3) is 4.45.